The molecule has 0 saturated carbocycles. The highest BCUT2D eigenvalue weighted by Gasteiger charge is 2.14. The average Bonchev–Trinajstić information content (AvgIpc) is 3.09. The number of pyridine rings is 1. The number of aromatic nitrogens is 2. The molecule has 0 aliphatic carbocycles. The average molecular weight is 347 g/mol. The highest BCUT2D eigenvalue weighted by molar-refractivity contribution is 5.94. The first-order valence-corrected chi connectivity index (χ1v) is 8.38. The molecule has 3 aromatic rings. The van der Waals surface area contributed by atoms with E-state index in [2.05, 4.69) is 18.1 Å². The Morgan fingerprint density at radius 3 is 2.69 bits per heavy atom. The first kappa shape index (κ1) is 17.5. The molecule has 1 amide bonds. The number of imidazole rings is 1. The van der Waals surface area contributed by atoms with Crippen molar-refractivity contribution in [3.63, 3.8) is 0 Å². The Kier molecular flexibility index (Phi) is 5.49. The van der Waals surface area contributed by atoms with Gasteiger partial charge >= 0.3 is 0 Å². The van der Waals surface area contributed by atoms with Gasteiger partial charge in [-0.2, -0.15) is 0 Å². The second-order valence-electron chi connectivity index (χ2n) is 5.80. The Labute approximate surface area is 152 Å². The van der Waals surface area contributed by atoms with Crippen molar-refractivity contribution in [3.05, 3.63) is 91.4 Å². The molecule has 1 aromatic carbocycles. The molecule has 0 bridgehead atoms. The van der Waals surface area contributed by atoms with Crippen molar-refractivity contribution in [2.45, 2.75) is 6.61 Å². The second-order valence-corrected chi connectivity index (χ2v) is 5.80. The summed E-state index contributed by atoms with van der Waals surface area (Å²) in [6.45, 7) is 8.67. The fraction of sp³-hybridized carbons (Fsp3) is 0.143. The SMILES string of the molecule is C=CCN(CC=C)C(=O)c1cccc(OCc2cn3ccccc3n2)c1. The van der Waals surface area contributed by atoms with Crippen LogP contribution in [0.2, 0.25) is 0 Å². The van der Waals surface area contributed by atoms with Crippen molar-refractivity contribution >= 4 is 11.6 Å². The second kappa shape index (κ2) is 8.16. The molecule has 0 N–H and O–H groups in total. The Bertz CT molecular complexity index is 887. The van der Waals surface area contributed by atoms with Crippen LogP contribution in [0.3, 0.4) is 0 Å². The van der Waals surface area contributed by atoms with Crippen molar-refractivity contribution in [2.24, 2.45) is 0 Å². The van der Waals surface area contributed by atoms with Gasteiger partial charge in [0.15, 0.2) is 0 Å². The molecule has 0 aliphatic rings. The first-order valence-electron chi connectivity index (χ1n) is 8.38. The Morgan fingerprint density at radius 1 is 1.15 bits per heavy atom. The normalized spacial score (nSPS) is 10.5. The summed E-state index contributed by atoms with van der Waals surface area (Å²) in [7, 11) is 0. The van der Waals surface area contributed by atoms with Gasteiger partial charge in [0.05, 0.1) is 5.69 Å². The minimum atomic E-state index is -0.0806. The van der Waals surface area contributed by atoms with E-state index in [1.54, 1.807) is 29.2 Å². The van der Waals surface area contributed by atoms with Gasteiger partial charge < -0.3 is 14.0 Å². The summed E-state index contributed by atoms with van der Waals surface area (Å²) >= 11 is 0. The van der Waals surface area contributed by atoms with Gasteiger partial charge in [0.25, 0.3) is 5.91 Å². The van der Waals surface area contributed by atoms with Gasteiger partial charge in [-0.1, -0.05) is 24.3 Å². The van der Waals surface area contributed by atoms with E-state index in [0.29, 0.717) is 31.0 Å². The lowest BCUT2D eigenvalue weighted by molar-refractivity contribution is 0.0790. The molecular weight excluding hydrogens is 326 g/mol. The molecule has 0 fully saturated rings. The summed E-state index contributed by atoms with van der Waals surface area (Å²) in [5.74, 6) is 0.549. The standard InChI is InChI=1S/C21H21N3O2/c1-3-11-23(12-4-2)21(25)17-8-7-9-19(14-17)26-16-18-15-24-13-6-5-10-20(24)22-18/h3-10,13-15H,1-2,11-12,16H2. The van der Waals surface area contributed by atoms with Gasteiger partial charge in [0, 0.05) is 31.0 Å². The number of ether oxygens (including phenoxy) is 1. The van der Waals surface area contributed by atoms with Crippen molar-refractivity contribution in [1.29, 1.82) is 0 Å². The van der Waals surface area contributed by atoms with Gasteiger partial charge in [-0.25, -0.2) is 4.98 Å². The van der Waals surface area contributed by atoms with Crippen LogP contribution in [0, 0.1) is 0 Å². The molecular formula is C21H21N3O2. The van der Waals surface area contributed by atoms with E-state index < -0.39 is 0 Å². The van der Waals surface area contributed by atoms with Crippen LogP contribution >= 0.6 is 0 Å². The molecule has 0 atom stereocenters. The van der Waals surface area contributed by atoms with E-state index in [0.717, 1.165) is 11.3 Å². The number of fused-ring (bicyclic) bond motifs is 1. The van der Waals surface area contributed by atoms with Gasteiger partial charge in [-0.3, -0.25) is 4.79 Å². The van der Waals surface area contributed by atoms with Gasteiger partial charge in [-0.05, 0) is 30.3 Å². The van der Waals surface area contributed by atoms with Gasteiger partial charge in [-0.15, -0.1) is 13.2 Å². The molecule has 3 rings (SSSR count). The molecule has 26 heavy (non-hydrogen) atoms. The van der Waals surface area contributed by atoms with Crippen LogP contribution in [-0.2, 0) is 6.61 Å². The van der Waals surface area contributed by atoms with Crippen molar-refractivity contribution in [1.82, 2.24) is 14.3 Å². The minimum Gasteiger partial charge on any atom is -0.487 e. The number of carbonyl (C=O) groups is 1. The highest BCUT2D eigenvalue weighted by Crippen LogP contribution is 2.17. The predicted octanol–water partition coefficient (Wildman–Crippen LogP) is 3.73. The maximum atomic E-state index is 12.6. The molecule has 0 unspecified atom stereocenters. The summed E-state index contributed by atoms with van der Waals surface area (Å²) in [5, 5.41) is 0. The highest BCUT2D eigenvalue weighted by atomic mass is 16.5. The summed E-state index contributed by atoms with van der Waals surface area (Å²) < 4.78 is 7.77. The first-order chi connectivity index (χ1) is 12.7. The maximum Gasteiger partial charge on any atom is 0.254 e. The number of amides is 1. The number of nitrogens with zero attached hydrogens (tertiary/aromatic N) is 3. The minimum absolute atomic E-state index is 0.0806. The quantitative estimate of drug-likeness (QED) is 0.583. The van der Waals surface area contributed by atoms with Crippen LogP contribution in [0.1, 0.15) is 16.1 Å². The van der Waals surface area contributed by atoms with Crippen molar-refractivity contribution in [3.8, 4) is 5.75 Å². The molecule has 0 radical (unpaired) electrons. The molecule has 0 spiro atoms. The predicted molar refractivity (Wildman–Crippen MR) is 102 cm³/mol. The molecule has 5 nitrogen and oxygen atoms in total. The van der Waals surface area contributed by atoms with E-state index in [9.17, 15) is 4.79 Å². The lowest BCUT2D eigenvalue weighted by Crippen LogP contribution is -2.31. The van der Waals surface area contributed by atoms with Gasteiger partial charge in [0.2, 0.25) is 0 Å². The number of hydrogen-bond donors (Lipinski definition) is 0. The van der Waals surface area contributed by atoms with E-state index in [-0.39, 0.29) is 5.91 Å². The third kappa shape index (κ3) is 4.00. The fourth-order valence-electron chi connectivity index (χ4n) is 2.67. The third-order valence-corrected chi connectivity index (χ3v) is 3.87. The molecule has 5 heteroatoms. The van der Waals surface area contributed by atoms with Crippen molar-refractivity contribution in [2.75, 3.05) is 13.1 Å². The summed E-state index contributed by atoms with van der Waals surface area (Å²) in [4.78, 5) is 18.8. The molecule has 0 aliphatic heterocycles. The van der Waals surface area contributed by atoms with Crippen LogP contribution in [0.5, 0.6) is 5.75 Å². The molecule has 2 aromatic heterocycles. The van der Waals surface area contributed by atoms with E-state index in [1.165, 1.54) is 0 Å². The zero-order chi connectivity index (χ0) is 18.4. The Morgan fingerprint density at radius 2 is 1.96 bits per heavy atom. The third-order valence-electron chi connectivity index (χ3n) is 3.87. The lowest BCUT2D eigenvalue weighted by atomic mass is 10.2. The van der Waals surface area contributed by atoms with Crippen LogP contribution in [0.25, 0.3) is 5.65 Å². The lowest BCUT2D eigenvalue weighted by Gasteiger charge is -2.19. The maximum absolute atomic E-state index is 12.6. The summed E-state index contributed by atoms with van der Waals surface area (Å²) in [6.07, 6.45) is 7.27. The zero-order valence-electron chi connectivity index (χ0n) is 14.5. The zero-order valence-corrected chi connectivity index (χ0v) is 14.5. The van der Waals surface area contributed by atoms with E-state index in [1.807, 2.05) is 47.1 Å². The Hall–Kier alpha value is -3.34. The summed E-state index contributed by atoms with van der Waals surface area (Å²) in [5.41, 5.74) is 2.27. The van der Waals surface area contributed by atoms with E-state index in [4.69, 9.17) is 4.74 Å². The van der Waals surface area contributed by atoms with Gasteiger partial charge in [0.1, 0.15) is 18.0 Å². The topological polar surface area (TPSA) is 46.8 Å². The van der Waals surface area contributed by atoms with Crippen LogP contribution in [0.15, 0.2) is 80.2 Å². The number of carbonyl (C=O) groups excluding carboxylic acids is 1. The molecule has 132 valence electrons. The molecule has 0 saturated heterocycles. The Balaban J connectivity index is 1.71. The van der Waals surface area contributed by atoms with Crippen molar-refractivity contribution < 1.29 is 9.53 Å². The largest absolute Gasteiger partial charge is 0.487 e. The summed E-state index contributed by atoms with van der Waals surface area (Å²) in [6, 6.07) is 13.0. The number of benzene rings is 1. The fourth-order valence-corrected chi connectivity index (χ4v) is 2.67. The van der Waals surface area contributed by atoms with Crippen LogP contribution < -0.4 is 4.74 Å². The van der Waals surface area contributed by atoms with E-state index >= 15 is 0 Å². The monoisotopic (exact) mass is 347 g/mol. The van der Waals surface area contributed by atoms with Crippen LogP contribution in [0.4, 0.5) is 0 Å². The number of hydrogen-bond acceptors (Lipinski definition) is 3. The van der Waals surface area contributed by atoms with Crippen LogP contribution in [-0.4, -0.2) is 33.3 Å². The number of rotatable bonds is 8. The molecule has 2 heterocycles. The smallest absolute Gasteiger partial charge is 0.254 e.